The lowest BCUT2D eigenvalue weighted by Crippen LogP contribution is -2.43. The van der Waals surface area contributed by atoms with E-state index in [4.69, 9.17) is 0 Å². The van der Waals surface area contributed by atoms with E-state index in [0.29, 0.717) is 25.9 Å². The van der Waals surface area contributed by atoms with Gasteiger partial charge < -0.3 is 4.74 Å². The molecule has 1 saturated heterocycles. The van der Waals surface area contributed by atoms with Crippen molar-refractivity contribution in [1.29, 1.82) is 0 Å². The minimum atomic E-state index is -3.22. The second kappa shape index (κ2) is 5.57. The van der Waals surface area contributed by atoms with E-state index in [9.17, 15) is 13.2 Å². The summed E-state index contributed by atoms with van der Waals surface area (Å²) in [5.41, 5.74) is -0.252. The molecule has 6 heteroatoms. The third kappa shape index (κ3) is 4.24. The number of rotatable bonds is 3. The van der Waals surface area contributed by atoms with Gasteiger partial charge in [-0.1, -0.05) is 20.8 Å². The van der Waals surface area contributed by atoms with Gasteiger partial charge in [-0.25, -0.2) is 12.7 Å². The van der Waals surface area contributed by atoms with Crippen LogP contribution in [-0.2, 0) is 19.6 Å². The molecule has 18 heavy (non-hydrogen) atoms. The van der Waals surface area contributed by atoms with Crippen molar-refractivity contribution in [2.75, 3.05) is 26.0 Å². The molecule has 0 unspecified atom stereocenters. The Morgan fingerprint density at radius 2 is 1.78 bits per heavy atom. The van der Waals surface area contributed by atoms with Crippen molar-refractivity contribution in [3.8, 4) is 0 Å². The fraction of sp³-hybridized carbons (Fsp3) is 0.917. The van der Waals surface area contributed by atoms with Gasteiger partial charge in [0.05, 0.1) is 18.8 Å². The van der Waals surface area contributed by atoms with E-state index in [2.05, 4.69) is 4.74 Å². The first-order chi connectivity index (χ1) is 8.15. The molecule has 0 N–H and O–H groups in total. The van der Waals surface area contributed by atoms with E-state index in [-0.39, 0.29) is 23.1 Å². The molecule has 0 amide bonds. The van der Waals surface area contributed by atoms with Crippen LogP contribution in [0.25, 0.3) is 0 Å². The summed E-state index contributed by atoms with van der Waals surface area (Å²) in [5, 5.41) is 0. The number of hydrogen-bond acceptors (Lipinski definition) is 4. The van der Waals surface area contributed by atoms with Crippen molar-refractivity contribution >= 4 is 16.0 Å². The molecule has 5 nitrogen and oxygen atoms in total. The van der Waals surface area contributed by atoms with E-state index in [1.54, 1.807) is 0 Å². The molecule has 0 spiro atoms. The van der Waals surface area contributed by atoms with Crippen LogP contribution in [0.3, 0.4) is 0 Å². The maximum Gasteiger partial charge on any atom is 0.308 e. The van der Waals surface area contributed by atoms with Crippen molar-refractivity contribution < 1.29 is 17.9 Å². The van der Waals surface area contributed by atoms with Gasteiger partial charge in [-0.3, -0.25) is 4.79 Å². The zero-order valence-electron chi connectivity index (χ0n) is 11.6. The maximum absolute atomic E-state index is 12.2. The highest BCUT2D eigenvalue weighted by atomic mass is 32.2. The van der Waals surface area contributed by atoms with Gasteiger partial charge in [-0.15, -0.1) is 0 Å². The molecule has 0 aromatic carbocycles. The largest absolute Gasteiger partial charge is 0.469 e. The first kappa shape index (κ1) is 15.4. The van der Waals surface area contributed by atoms with Gasteiger partial charge in [0.1, 0.15) is 0 Å². The number of sulfonamides is 1. The summed E-state index contributed by atoms with van der Waals surface area (Å²) in [7, 11) is -1.85. The number of nitrogens with zero attached hydrogens (tertiary/aromatic N) is 1. The van der Waals surface area contributed by atoms with Crippen LogP contribution < -0.4 is 0 Å². The van der Waals surface area contributed by atoms with Gasteiger partial charge in [0, 0.05) is 13.1 Å². The Hall–Kier alpha value is -0.620. The van der Waals surface area contributed by atoms with Crippen molar-refractivity contribution in [2.24, 2.45) is 11.3 Å². The molecule has 106 valence electrons. The lowest BCUT2D eigenvalue weighted by Gasteiger charge is -2.32. The Kier molecular flexibility index (Phi) is 4.78. The van der Waals surface area contributed by atoms with E-state index in [1.807, 2.05) is 20.8 Å². The lowest BCUT2D eigenvalue weighted by molar-refractivity contribution is -0.146. The van der Waals surface area contributed by atoms with Gasteiger partial charge in [0.15, 0.2) is 0 Å². The van der Waals surface area contributed by atoms with Gasteiger partial charge in [-0.2, -0.15) is 0 Å². The minimum Gasteiger partial charge on any atom is -0.469 e. The molecule has 1 fully saturated rings. The van der Waals surface area contributed by atoms with Gasteiger partial charge in [0.2, 0.25) is 10.0 Å². The average molecular weight is 277 g/mol. The normalized spacial score (nSPS) is 19.8. The van der Waals surface area contributed by atoms with Crippen LogP contribution >= 0.6 is 0 Å². The van der Waals surface area contributed by atoms with E-state index in [1.165, 1.54) is 11.4 Å². The third-order valence-electron chi connectivity index (χ3n) is 3.00. The number of methoxy groups -OCH3 is 1. The fourth-order valence-electron chi connectivity index (χ4n) is 2.17. The zero-order chi connectivity index (χ0) is 14.0. The Balaban J connectivity index is 2.60. The standard InChI is InChI=1S/C12H23NO4S/c1-12(2,3)9-18(15,16)13-7-5-10(6-8-13)11(14)17-4/h10H,5-9H2,1-4H3. The van der Waals surface area contributed by atoms with Crippen LogP contribution in [0.4, 0.5) is 0 Å². The van der Waals surface area contributed by atoms with Crippen molar-refractivity contribution in [1.82, 2.24) is 4.31 Å². The maximum atomic E-state index is 12.2. The SMILES string of the molecule is COC(=O)C1CCN(S(=O)(=O)CC(C)(C)C)CC1. The Morgan fingerprint density at radius 1 is 1.28 bits per heavy atom. The highest BCUT2D eigenvalue weighted by molar-refractivity contribution is 7.89. The molecule has 0 aromatic rings. The van der Waals surface area contributed by atoms with Gasteiger partial charge >= 0.3 is 5.97 Å². The number of hydrogen-bond donors (Lipinski definition) is 0. The number of esters is 1. The molecule has 1 aliphatic heterocycles. The number of ether oxygens (including phenoxy) is 1. The van der Waals surface area contributed by atoms with Crippen LogP contribution in [0.5, 0.6) is 0 Å². The summed E-state index contributed by atoms with van der Waals surface area (Å²) in [5.74, 6) is -0.248. The van der Waals surface area contributed by atoms with Crippen LogP contribution in [0.15, 0.2) is 0 Å². The second-order valence-electron chi connectivity index (χ2n) is 6.01. The molecule has 0 atom stereocenters. The summed E-state index contributed by atoms with van der Waals surface area (Å²) in [6.45, 7) is 6.56. The molecule has 0 aliphatic carbocycles. The monoisotopic (exact) mass is 277 g/mol. The van der Waals surface area contributed by atoms with Crippen molar-refractivity contribution in [3.63, 3.8) is 0 Å². The Bertz CT molecular complexity index is 389. The van der Waals surface area contributed by atoms with Crippen molar-refractivity contribution in [3.05, 3.63) is 0 Å². The summed E-state index contributed by atoms with van der Waals surface area (Å²) in [6, 6.07) is 0. The third-order valence-corrected chi connectivity index (χ3v) is 5.38. The molecule has 0 bridgehead atoms. The lowest BCUT2D eigenvalue weighted by atomic mass is 9.99. The summed E-state index contributed by atoms with van der Waals surface area (Å²) in [4.78, 5) is 11.4. The first-order valence-electron chi connectivity index (χ1n) is 6.21. The van der Waals surface area contributed by atoms with E-state index in [0.717, 1.165) is 0 Å². The van der Waals surface area contributed by atoms with E-state index < -0.39 is 10.0 Å². The van der Waals surface area contributed by atoms with E-state index >= 15 is 0 Å². The highest BCUT2D eigenvalue weighted by Crippen LogP contribution is 2.24. The Morgan fingerprint density at radius 3 is 2.17 bits per heavy atom. The minimum absolute atomic E-state index is 0.142. The average Bonchev–Trinajstić information content (AvgIpc) is 2.25. The summed E-state index contributed by atoms with van der Waals surface area (Å²) < 4.78 is 30.5. The van der Waals surface area contributed by atoms with Crippen LogP contribution in [0.2, 0.25) is 0 Å². The van der Waals surface area contributed by atoms with Crippen molar-refractivity contribution in [2.45, 2.75) is 33.6 Å². The summed E-state index contributed by atoms with van der Waals surface area (Å²) >= 11 is 0. The predicted octanol–water partition coefficient (Wildman–Crippen LogP) is 1.25. The van der Waals surface area contributed by atoms with Crippen LogP contribution in [-0.4, -0.2) is 44.6 Å². The molecular weight excluding hydrogens is 254 g/mol. The number of carbonyl (C=O) groups is 1. The predicted molar refractivity (Wildman–Crippen MR) is 69.6 cm³/mol. The smallest absolute Gasteiger partial charge is 0.308 e. The Labute approximate surface area is 110 Å². The highest BCUT2D eigenvalue weighted by Gasteiger charge is 2.33. The summed E-state index contributed by atoms with van der Waals surface area (Å²) in [6.07, 6.45) is 1.10. The molecule has 0 saturated carbocycles. The molecule has 0 aromatic heterocycles. The number of carbonyl (C=O) groups excluding carboxylic acids is 1. The molecule has 1 aliphatic rings. The zero-order valence-corrected chi connectivity index (χ0v) is 12.4. The molecule has 1 heterocycles. The van der Waals surface area contributed by atoms with Gasteiger partial charge in [0.25, 0.3) is 0 Å². The molecule has 0 radical (unpaired) electrons. The van der Waals surface area contributed by atoms with Crippen LogP contribution in [0.1, 0.15) is 33.6 Å². The molecular formula is C12H23NO4S. The van der Waals surface area contributed by atoms with Gasteiger partial charge in [-0.05, 0) is 18.3 Å². The van der Waals surface area contributed by atoms with Crippen LogP contribution in [0, 0.1) is 11.3 Å². The fourth-order valence-corrected chi connectivity index (χ4v) is 4.22. The molecule has 1 rings (SSSR count). The number of piperidine rings is 1. The quantitative estimate of drug-likeness (QED) is 0.728. The topological polar surface area (TPSA) is 63.7 Å². The first-order valence-corrected chi connectivity index (χ1v) is 7.82. The second-order valence-corrected chi connectivity index (χ2v) is 7.98.